The second-order valence-electron chi connectivity index (χ2n) is 6.43. The van der Waals surface area contributed by atoms with Gasteiger partial charge in [-0.3, -0.25) is 10.1 Å². The maximum Gasteiger partial charge on any atom is 0.270 e. The number of rotatable bonds is 7. The molecule has 1 aromatic heterocycles. The van der Waals surface area contributed by atoms with Gasteiger partial charge in [-0.15, -0.1) is 11.3 Å². The third-order valence-electron chi connectivity index (χ3n) is 4.52. The average Bonchev–Trinajstić information content (AvgIpc) is 3.33. The number of sulfonamides is 1. The summed E-state index contributed by atoms with van der Waals surface area (Å²) >= 11 is 1.57. The molecule has 1 aliphatic heterocycles. The number of aromatic nitrogens is 1. The molecule has 1 atom stereocenters. The Balaban J connectivity index is 1.97. The van der Waals surface area contributed by atoms with Crippen molar-refractivity contribution in [2.45, 2.75) is 44.0 Å². The summed E-state index contributed by atoms with van der Waals surface area (Å²) in [6.45, 7) is 4.82. The Bertz CT molecular complexity index is 936. The molecule has 1 fully saturated rings. The van der Waals surface area contributed by atoms with Crippen molar-refractivity contribution in [1.82, 2.24) is 9.29 Å². The van der Waals surface area contributed by atoms with Gasteiger partial charge in [-0.2, -0.15) is 4.31 Å². The van der Waals surface area contributed by atoms with Crippen molar-refractivity contribution in [1.29, 1.82) is 0 Å². The summed E-state index contributed by atoms with van der Waals surface area (Å²) in [6.07, 6.45) is 4.30. The van der Waals surface area contributed by atoms with Crippen molar-refractivity contribution < 1.29 is 13.3 Å². The van der Waals surface area contributed by atoms with Gasteiger partial charge in [0.2, 0.25) is 10.0 Å². The zero-order valence-electron chi connectivity index (χ0n) is 15.2. The lowest BCUT2D eigenvalue weighted by atomic mass is 10.2. The summed E-state index contributed by atoms with van der Waals surface area (Å²) in [5, 5.41) is 15.2. The minimum Gasteiger partial charge on any atom is -0.375 e. The molecule has 0 aliphatic carbocycles. The number of nitro groups is 1. The molecule has 8 nitrogen and oxygen atoms in total. The maximum atomic E-state index is 13.0. The molecule has 1 N–H and O–H groups in total. The number of hydrogen-bond donors (Lipinski definition) is 1. The van der Waals surface area contributed by atoms with Crippen LogP contribution >= 0.6 is 11.3 Å². The third-order valence-corrected chi connectivity index (χ3v) is 7.78. The van der Waals surface area contributed by atoms with Gasteiger partial charge >= 0.3 is 0 Å². The first-order chi connectivity index (χ1) is 12.8. The van der Waals surface area contributed by atoms with Crippen LogP contribution in [-0.4, -0.2) is 35.7 Å². The molecule has 1 saturated heterocycles. The molecule has 10 heteroatoms. The van der Waals surface area contributed by atoms with Crippen LogP contribution in [0.3, 0.4) is 0 Å². The van der Waals surface area contributed by atoms with Crippen molar-refractivity contribution in [3.63, 3.8) is 0 Å². The summed E-state index contributed by atoms with van der Waals surface area (Å²) in [6, 6.07) is 3.70. The van der Waals surface area contributed by atoms with Crippen molar-refractivity contribution in [3.05, 3.63) is 44.4 Å². The molecule has 0 spiro atoms. The Morgan fingerprint density at radius 2 is 2.07 bits per heavy atom. The molecule has 146 valence electrons. The van der Waals surface area contributed by atoms with E-state index in [0.29, 0.717) is 18.8 Å². The number of nitrogens with zero attached hydrogens (tertiary/aromatic N) is 3. The van der Waals surface area contributed by atoms with Crippen LogP contribution < -0.4 is 5.32 Å². The van der Waals surface area contributed by atoms with Gasteiger partial charge in [-0.1, -0.05) is 6.92 Å². The van der Waals surface area contributed by atoms with Gasteiger partial charge in [0.1, 0.15) is 9.90 Å². The summed E-state index contributed by atoms with van der Waals surface area (Å²) in [7, 11) is -3.80. The lowest BCUT2D eigenvalue weighted by Crippen LogP contribution is -2.28. The minimum atomic E-state index is -3.80. The van der Waals surface area contributed by atoms with Crippen molar-refractivity contribution in [3.8, 4) is 0 Å². The zero-order chi connectivity index (χ0) is 19.6. The fourth-order valence-electron chi connectivity index (χ4n) is 3.01. The highest BCUT2D eigenvalue weighted by molar-refractivity contribution is 7.89. The molecular formula is C17H22N4O4S2. The Morgan fingerprint density at radius 1 is 1.37 bits per heavy atom. The van der Waals surface area contributed by atoms with Crippen LogP contribution in [0, 0.1) is 10.1 Å². The van der Waals surface area contributed by atoms with Gasteiger partial charge in [0, 0.05) is 36.3 Å². The predicted molar refractivity (Wildman–Crippen MR) is 105 cm³/mol. The topological polar surface area (TPSA) is 105 Å². The number of benzene rings is 1. The van der Waals surface area contributed by atoms with E-state index in [9.17, 15) is 18.5 Å². The van der Waals surface area contributed by atoms with E-state index in [2.05, 4.69) is 10.3 Å². The molecule has 27 heavy (non-hydrogen) atoms. The Labute approximate surface area is 162 Å². The molecule has 0 bridgehead atoms. The molecule has 0 saturated carbocycles. The van der Waals surface area contributed by atoms with Crippen molar-refractivity contribution >= 4 is 32.7 Å². The Hall–Kier alpha value is -2.04. The molecule has 0 radical (unpaired) electrons. The number of anilines is 1. The first kappa shape index (κ1) is 19.7. The molecule has 0 amide bonds. The number of nitrogens with one attached hydrogen (secondary N) is 1. The molecule has 3 rings (SSSR count). The lowest BCUT2D eigenvalue weighted by Gasteiger charge is -2.20. The highest BCUT2D eigenvalue weighted by Crippen LogP contribution is 2.33. The van der Waals surface area contributed by atoms with Crippen LogP contribution in [0.25, 0.3) is 0 Å². The van der Waals surface area contributed by atoms with Crippen LogP contribution in [0.1, 0.15) is 42.6 Å². The molecule has 1 aliphatic rings. The van der Waals surface area contributed by atoms with Gasteiger partial charge in [0.05, 0.1) is 16.7 Å². The number of non-ortho nitro benzene ring substituents is 1. The van der Waals surface area contributed by atoms with Crippen molar-refractivity contribution in [2.24, 2.45) is 0 Å². The Morgan fingerprint density at radius 3 is 2.67 bits per heavy atom. The summed E-state index contributed by atoms with van der Waals surface area (Å²) in [5.41, 5.74) is 0.113. The van der Waals surface area contributed by atoms with Gasteiger partial charge in [-0.25, -0.2) is 13.4 Å². The standard InChI is InChI=1S/C17H22N4O4S2/c1-3-14-11-18-17(26-14)12(2)19-15-7-6-13(21(22)23)10-16(15)27(24,25)20-8-4-5-9-20/h6-7,10-12,19H,3-5,8-9H2,1-2H3. The van der Waals surface area contributed by atoms with E-state index >= 15 is 0 Å². The van der Waals surface area contributed by atoms with Gasteiger partial charge in [-0.05, 0) is 32.3 Å². The number of nitro benzene ring substituents is 1. The smallest absolute Gasteiger partial charge is 0.270 e. The van der Waals surface area contributed by atoms with Crippen LogP contribution in [0.2, 0.25) is 0 Å². The van der Waals surface area contributed by atoms with E-state index < -0.39 is 14.9 Å². The predicted octanol–water partition coefficient (Wildman–Crippen LogP) is 3.57. The Kier molecular flexibility index (Phi) is 5.78. The van der Waals surface area contributed by atoms with E-state index in [1.807, 2.05) is 20.0 Å². The second-order valence-corrected chi connectivity index (χ2v) is 9.49. The van der Waals surface area contributed by atoms with Crippen LogP contribution in [0.15, 0.2) is 29.3 Å². The monoisotopic (exact) mass is 410 g/mol. The first-order valence-corrected chi connectivity index (χ1v) is 11.1. The minimum absolute atomic E-state index is 0.0577. The van der Waals surface area contributed by atoms with E-state index in [-0.39, 0.29) is 16.6 Å². The lowest BCUT2D eigenvalue weighted by molar-refractivity contribution is -0.385. The summed E-state index contributed by atoms with van der Waals surface area (Å²) in [4.78, 5) is 16.1. The van der Waals surface area contributed by atoms with E-state index in [4.69, 9.17) is 0 Å². The average molecular weight is 411 g/mol. The van der Waals surface area contributed by atoms with Crippen LogP contribution in [0.4, 0.5) is 11.4 Å². The zero-order valence-corrected chi connectivity index (χ0v) is 16.8. The van der Waals surface area contributed by atoms with E-state index in [1.165, 1.54) is 16.4 Å². The number of thiazole rings is 1. The van der Waals surface area contributed by atoms with E-state index in [0.717, 1.165) is 35.2 Å². The normalized spacial score (nSPS) is 16.4. The van der Waals surface area contributed by atoms with Gasteiger partial charge < -0.3 is 5.32 Å². The number of hydrogen-bond acceptors (Lipinski definition) is 7. The van der Waals surface area contributed by atoms with Gasteiger partial charge in [0.15, 0.2) is 0 Å². The first-order valence-electron chi connectivity index (χ1n) is 8.82. The fourth-order valence-corrected chi connectivity index (χ4v) is 5.56. The molecule has 2 heterocycles. The second kappa shape index (κ2) is 7.91. The SMILES string of the molecule is CCc1cnc(C(C)Nc2ccc([N+](=O)[O-])cc2S(=O)(=O)N2CCCC2)s1. The fraction of sp³-hybridized carbons (Fsp3) is 0.471. The number of aryl methyl sites for hydroxylation is 1. The largest absolute Gasteiger partial charge is 0.375 e. The molecule has 1 aromatic carbocycles. The molecule has 1 unspecified atom stereocenters. The van der Waals surface area contributed by atoms with Crippen molar-refractivity contribution in [2.75, 3.05) is 18.4 Å². The quantitative estimate of drug-likeness (QED) is 0.552. The maximum absolute atomic E-state index is 13.0. The molecular weight excluding hydrogens is 388 g/mol. The highest BCUT2D eigenvalue weighted by atomic mass is 32.2. The third kappa shape index (κ3) is 4.12. The van der Waals surface area contributed by atoms with E-state index in [1.54, 1.807) is 11.3 Å². The highest BCUT2D eigenvalue weighted by Gasteiger charge is 2.31. The molecule has 2 aromatic rings. The van der Waals surface area contributed by atoms with Crippen LogP contribution in [-0.2, 0) is 16.4 Å². The summed E-state index contributed by atoms with van der Waals surface area (Å²) < 4.78 is 27.5. The summed E-state index contributed by atoms with van der Waals surface area (Å²) in [5.74, 6) is 0. The van der Waals surface area contributed by atoms with Crippen LogP contribution in [0.5, 0.6) is 0 Å². The van der Waals surface area contributed by atoms with Gasteiger partial charge in [0.25, 0.3) is 5.69 Å².